The maximum atomic E-state index is 12.3. The summed E-state index contributed by atoms with van der Waals surface area (Å²) in [4.78, 5) is 20.4. The van der Waals surface area contributed by atoms with E-state index >= 15 is 0 Å². The number of amides is 1. The number of aromatic nitrogens is 1. The second-order valence-electron chi connectivity index (χ2n) is 6.76. The van der Waals surface area contributed by atoms with Crippen LogP contribution in [0.4, 0.5) is 0 Å². The second kappa shape index (κ2) is 6.84. The minimum Gasteiger partial charge on any atom is -0.472 e. The molecule has 2 aliphatic rings. The lowest BCUT2D eigenvalue weighted by atomic mass is 9.89. The first-order chi connectivity index (χ1) is 11.1. The number of ether oxygens (including phenoxy) is 2. The van der Waals surface area contributed by atoms with Crippen LogP contribution < -0.4 is 4.74 Å². The Morgan fingerprint density at radius 2 is 2.39 bits per heavy atom. The van der Waals surface area contributed by atoms with E-state index in [4.69, 9.17) is 9.47 Å². The molecule has 1 aromatic rings. The van der Waals surface area contributed by atoms with Crippen LogP contribution in [-0.4, -0.2) is 72.7 Å². The Labute approximate surface area is 137 Å². The van der Waals surface area contributed by atoms with Gasteiger partial charge in [-0.15, -0.1) is 0 Å². The summed E-state index contributed by atoms with van der Waals surface area (Å²) in [5.41, 5.74) is -0.250. The van der Waals surface area contributed by atoms with Crippen molar-refractivity contribution in [1.29, 1.82) is 0 Å². The van der Waals surface area contributed by atoms with E-state index in [1.165, 1.54) is 0 Å². The third-order valence-corrected chi connectivity index (χ3v) is 4.44. The van der Waals surface area contributed by atoms with Crippen molar-refractivity contribution in [2.75, 3.05) is 40.3 Å². The molecular weight excluding hydrogens is 294 g/mol. The van der Waals surface area contributed by atoms with Gasteiger partial charge in [0.1, 0.15) is 6.10 Å². The first-order valence-corrected chi connectivity index (χ1v) is 8.20. The summed E-state index contributed by atoms with van der Waals surface area (Å²) in [7, 11) is 3.83. The Morgan fingerprint density at radius 1 is 1.52 bits per heavy atom. The minimum atomic E-state index is -0.250. The molecule has 0 aromatic carbocycles. The summed E-state index contributed by atoms with van der Waals surface area (Å²) < 4.78 is 12.0. The van der Waals surface area contributed by atoms with Crippen LogP contribution in [0.25, 0.3) is 0 Å². The zero-order chi connectivity index (χ0) is 16.3. The van der Waals surface area contributed by atoms with Crippen molar-refractivity contribution in [2.24, 2.45) is 0 Å². The summed E-state index contributed by atoms with van der Waals surface area (Å²) in [6.45, 7) is 2.50. The molecule has 0 saturated carbocycles. The number of piperidine rings is 1. The molecule has 2 saturated heterocycles. The lowest BCUT2D eigenvalue weighted by molar-refractivity contribution is -0.139. The van der Waals surface area contributed by atoms with E-state index in [-0.39, 0.29) is 17.6 Å². The fraction of sp³-hybridized carbons (Fsp3) is 0.647. The van der Waals surface area contributed by atoms with E-state index in [1.807, 2.05) is 42.1 Å². The van der Waals surface area contributed by atoms with Gasteiger partial charge in [0.2, 0.25) is 11.8 Å². The van der Waals surface area contributed by atoms with Gasteiger partial charge in [-0.3, -0.25) is 4.79 Å². The van der Waals surface area contributed by atoms with Gasteiger partial charge in [0.15, 0.2) is 0 Å². The summed E-state index contributed by atoms with van der Waals surface area (Å²) in [5.74, 6) is 0.807. The third kappa shape index (κ3) is 4.00. The van der Waals surface area contributed by atoms with E-state index < -0.39 is 0 Å². The Morgan fingerprint density at radius 3 is 3.13 bits per heavy atom. The molecule has 2 aliphatic heterocycles. The van der Waals surface area contributed by atoms with Gasteiger partial charge < -0.3 is 19.3 Å². The van der Waals surface area contributed by atoms with Crippen LogP contribution in [0.3, 0.4) is 0 Å². The van der Waals surface area contributed by atoms with E-state index in [2.05, 4.69) is 4.98 Å². The van der Waals surface area contributed by atoms with Crippen molar-refractivity contribution >= 4 is 5.91 Å². The van der Waals surface area contributed by atoms with Crippen molar-refractivity contribution in [3.05, 3.63) is 24.4 Å². The molecular formula is C17H25N3O3. The van der Waals surface area contributed by atoms with Crippen LogP contribution in [0.1, 0.15) is 19.3 Å². The molecule has 0 radical (unpaired) electrons. The average Bonchev–Trinajstić information content (AvgIpc) is 2.90. The van der Waals surface area contributed by atoms with Gasteiger partial charge in [0.25, 0.3) is 0 Å². The number of rotatable bonds is 4. The monoisotopic (exact) mass is 319 g/mol. The quantitative estimate of drug-likeness (QED) is 0.834. The molecule has 23 heavy (non-hydrogen) atoms. The van der Waals surface area contributed by atoms with Gasteiger partial charge in [-0.2, -0.15) is 0 Å². The number of hydrogen-bond acceptors (Lipinski definition) is 5. The van der Waals surface area contributed by atoms with E-state index in [0.29, 0.717) is 25.6 Å². The highest BCUT2D eigenvalue weighted by Crippen LogP contribution is 2.36. The Hall–Kier alpha value is -1.66. The molecule has 3 heterocycles. The fourth-order valence-electron chi connectivity index (χ4n) is 3.43. The van der Waals surface area contributed by atoms with Gasteiger partial charge in [0.05, 0.1) is 18.8 Å². The number of nitrogens with zero attached hydrogens (tertiary/aromatic N) is 3. The van der Waals surface area contributed by atoms with Gasteiger partial charge in [-0.05, 0) is 33.0 Å². The predicted molar refractivity (Wildman–Crippen MR) is 86.3 cm³/mol. The van der Waals surface area contributed by atoms with Crippen LogP contribution in [-0.2, 0) is 9.53 Å². The highest BCUT2D eigenvalue weighted by atomic mass is 16.6. The van der Waals surface area contributed by atoms with Crippen molar-refractivity contribution in [3.63, 3.8) is 0 Å². The van der Waals surface area contributed by atoms with Crippen molar-refractivity contribution in [1.82, 2.24) is 14.8 Å². The number of pyridine rings is 1. The van der Waals surface area contributed by atoms with Crippen LogP contribution >= 0.6 is 0 Å². The Balaban J connectivity index is 1.58. The number of likely N-dealkylation sites (N-methyl/N-ethyl adjacent to an activating group) is 1. The molecule has 0 bridgehead atoms. The van der Waals surface area contributed by atoms with Gasteiger partial charge in [-0.1, -0.05) is 6.07 Å². The number of likely N-dealkylation sites (tertiary alicyclic amines) is 1. The standard InChI is InChI=1S/C17H25N3O3/c1-19(2)11-16(21)20-9-5-7-17(13-20)10-14(12-22-17)23-15-6-3-4-8-18-15/h3-4,6,8,14H,5,7,9-13H2,1-2H3/t14-,17+/m1/s1. The molecule has 1 spiro atoms. The third-order valence-electron chi connectivity index (χ3n) is 4.44. The van der Waals surface area contributed by atoms with Gasteiger partial charge >= 0.3 is 0 Å². The van der Waals surface area contributed by atoms with Gasteiger partial charge in [-0.25, -0.2) is 4.98 Å². The van der Waals surface area contributed by atoms with Crippen molar-refractivity contribution in [3.8, 4) is 5.88 Å². The lowest BCUT2D eigenvalue weighted by Gasteiger charge is -2.40. The highest BCUT2D eigenvalue weighted by molar-refractivity contribution is 5.78. The molecule has 1 aromatic heterocycles. The summed E-state index contributed by atoms with van der Waals surface area (Å²) in [6, 6.07) is 5.64. The smallest absolute Gasteiger partial charge is 0.236 e. The van der Waals surface area contributed by atoms with Gasteiger partial charge in [0, 0.05) is 31.8 Å². The maximum absolute atomic E-state index is 12.3. The van der Waals surface area contributed by atoms with E-state index in [0.717, 1.165) is 25.8 Å². The zero-order valence-corrected chi connectivity index (χ0v) is 13.9. The fourth-order valence-corrected chi connectivity index (χ4v) is 3.43. The SMILES string of the molecule is CN(C)CC(=O)N1CCC[C@]2(C[C@@H](Oc3ccccn3)CO2)C1. The van der Waals surface area contributed by atoms with Crippen molar-refractivity contribution < 1.29 is 14.3 Å². The summed E-state index contributed by atoms with van der Waals surface area (Å²) in [6.07, 6.45) is 4.52. The maximum Gasteiger partial charge on any atom is 0.236 e. The van der Waals surface area contributed by atoms with Crippen LogP contribution in [0.15, 0.2) is 24.4 Å². The average molecular weight is 319 g/mol. The first-order valence-electron chi connectivity index (χ1n) is 8.20. The minimum absolute atomic E-state index is 0.00815. The van der Waals surface area contributed by atoms with Crippen LogP contribution in [0, 0.1) is 0 Å². The Bertz CT molecular complexity index is 537. The molecule has 126 valence electrons. The normalized spacial score (nSPS) is 27.6. The van der Waals surface area contributed by atoms with Crippen LogP contribution in [0.5, 0.6) is 5.88 Å². The summed E-state index contributed by atoms with van der Waals surface area (Å²) >= 11 is 0. The molecule has 6 heteroatoms. The molecule has 2 fully saturated rings. The van der Waals surface area contributed by atoms with Crippen LogP contribution in [0.2, 0.25) is 0 Å². The number of carbonyl (C=O) groups excluding carboxylic acids is 1. The topological polar surface area (TPSA) is 54.9 Å². The van der Waals surface area contributed by atoms with Crippen molar-refractivity contribution in [2.45, 2.75) is 31.0 Å². The molecule has 0 aliphatic carbocycles. The molecule has 3 rings (SSSR count). The predicted octanol–water partition coefficient (Wildman–Crippen LogP) is 1.17. The lowest BCUT2D eigenvalue weighted by Crippen LogP contribution is -2.52. The highest BCUT2D eigenvalue weighted by Gasteiger charge is 2.45. The Kier molecular flexibility index (Phi) is 4.82. The number of hydrogen-bond donors (Lipinski definition) is 0. The summed E-state index contributed by atoms with van der Waals surface area (Å²) in [5, 5.41) is 0. The molecule has 0 N–H and O–H groups in total. The molecule has 1 amide bonds. The zero-order valence-electron chi connectivity index (χ0n) is 13.9. The molecule has 0 unspecified atom stereocenters. The second-order valence-corrected chi connectivity index (χ2v) is 6.76. The largest absolute Gasteiger partial charge is 0.472 e. The van der Waals surface area contributed by atoms with E-state index in [9.17, 15) is 4.79 Å². The molecule has 2 atom stereocenters. The molecule has 6 nitrogen and oxygen atoms in total. The van der Waals surface area contributed by atoms with E-state index in [1.54, 1.807) is 6.20 Å². The number of carbonyl (C=O) groups is 1. The first kappa shape index (κ1) is 16.2.